The van der Waals surface area contributed by atoms with Gasteiger partial charge in [0.2, 0.25) is 0 Å². The van der Waals surface area contributed by atoms with E-state index >= 15 is 0 Å². The zero-order chi connectivity index (χ0) is 15.2. The molecule has 0 aliphatic carbocycles. The minimum absolute atomic E-state index is 0.136. The number of benzene rings is 1. The fourth-order valence-electron chi connectivity index (χ4n) is 1.88. The molecule has 1 amide bonds. The van der Waals surface area contributed by atoms with Gasteiger partial charge in [-0.3, -0.25) is 4.79 Å². The van der Waals surface area contributed by atoms with Gasteiger partial charge in [0.15, 0.2) is 12.4 Å². The van der Waals surface area contributed by atoms with E-state index in [0.29, 0.717) is 23.4 Å². The molecule has 110 valence electrons. The number of nitrogens with zero attached hydrogens (tertiary/aromatic N) is 2. The van der Waals surface area contributed by atoms with Gasteiger partial charge in [-0.2, -0.15) is 4.73 Å². The molecule has 0 unspecified atom stereocenters. The molecule has 0 spiro atoms. The van der Waals surface area contributed by atoms with Gasteiger partial charge in [0.25, 0.3) is 5.91 Å². The highest BCUT2D eigenvalue weighted by Gasteiger charge is 2.12. The lowest BCUT2D eigenvalue weighted by atomic mass is 10.2. The van der Waals surface area contributed by atoms with Gasteiger partial charge in [-0.25, -0.2) is 0 Å². The first-order valence-corrected chi connectivity index (χ1v) is 6.70. The second-order valence-electron chi connectivity index (χ2n) is 4.84. The number of carbonyl (C=O) groups excluding carboxylic acids is 1. The van der Waals surface area contributed by atoms with Crippen molar-refractivity contribution in [2.45, 2.75) is 6.92 Å². The van der Waals surface area contributed by atoms with Gasteiger partial charge in [-0.05, 0) is 24.6 Å². The summed E-state index contributed by atoms with van der Waals surface area (Å²) in [5, 5.41) is 10.9. The van der Waals surface area contributed by atoms with Crippen LogP contribution in [0.2, 0.25) is 0 Å². The van der Waals surface area contributed by atoms with Crippen LogP contribution in [0.3, 0.4) is 0 Å². The summed E-state index contributed by atoms with van der Waals surface area (Å²) in [5.41, 5.74) is 1.62. The third-order valence-electron chi connectivity index (χ3n) is 3.08. The molecular weight excluding hydrogens is 268 g/mol. The molecule has 0 bridgehead atoms. The van der Waals surface area contributed by atoms with E-state index in [2.05, 4.69) is 0 Å². The third-order valence-corrected chi connectivity index (χ3v) is 3.08. The summed E-state index contributed by atoms with van der Waals surface area (Å²) in [4.78, 5) is 13.7. The van der Waals surface area contributed by atoms with Crippen molar-refractivity contribution in [3.63, 3.8) is 0 Å². The van der Waals surface area contributed by atoms with Crippen LogP contribution in [0.25, 0.3) is 0 Å². The van der Waals surface area contributed by atoms with E-state index in [0.717, 1.165) is 11.3 Å². The second kappa shape index (κ2) is 6.74. The van der Waals surface area contributed by atoms with Crippen LogP contribution in [0.15, 0.2) is 48.8 Å². The standard InChI is InChI=1S/C16H18N2O3/c1-13-4-3-5-15(12-13)21-11-10-17(2)16(19)14-6-8-18(20)9-7-14/h3-9,12H,10-11H2,1-2H3. The molecule has 0 N–H and O–H groups in total. The molecule has 0 radical (unpaired) electrons. The molecule has 2 aromatic rings. The lowest BCUT2D eigenvalue weighted by molar-refractivity contribution is -0.605. The van der Waals surface area contributed by atoms with E-state index in [1.54, 1.807) is 11.9 Å². The highest BCUT2D eigenvalue weighted by molar-refractivity contribution is 5.93. The molecule has 0 saturated carbocycles. The fraction of sp³-hybridized carbons (Fsp3) is 0.250. The van der Waals surface area contributed by atoms with Crippen molar-refractivity contribution in [2.75, 3.05) is 20.2 Å². The minimum Gasteiger partial charge on any atom is -0.619 e. The number of ether oxygens (including phenoxy) is 1. The van der Waals surface area contributed by atoms with E-state index < -0.39 is 0 Å². The first-order valence-electron chi connectivity index (χ1n) is 6.70. The smallest absolute Gasteiger partial charge is 0.254 e. The van der Waals surface area contributed by atoms with Crippen LogP contribution < -0.4 is 9.47 Å². The monoisotopic (exact) mass is 286 g/mol. The number of likely N-dealkylation sites (N-methyl/N-ethyl adjacent to an activating group) is 1. The first kappa shape index (κ1) is 14.8. The topological polar surface area (TPSA) is 56.5 Å². The Labute approximate surface area is 124 Å². The van der Waals surface area contributed by atoms with Gasteiger partial charge in [0.1, 0.15) is 12.4 Å². The number of aromatic nitrogens is 1. The van der Waals surface area contributed by atoms with Crippen LogP contribution in [0.4, 0.5) is 0 Å². The van der Waals surface area contributed by atoms with Crippen molar-refractivity contribution in [2.24, 2.45) is 0 Å². The zero-order valence-corrected chi connectivity index (χ0v) is 12.2. The molecule has 1 aromatic carbocycles. The summed E-state index contributed by atoms with van der Waals surface area (Å²) in [6.07, 6.45) is 2.62. The van der Waals surface area contributed by atoms with Gasteiger partial charge in [0, 0.05) is 19.2 Å². The van der Waals surface area contributed by atoms with E-state index in [-0.39, 0.29) is 5.91 Å². The molecule has 0 aliphatic heterocycles. The molecule has 21 heavy (non-hydrogen) atoms. The lowest BCUT2D eigenvalue weighted by Gasteiger charge is -2.17. The number of pyridine rings is 1. The predicted molar refractivity (Wildman–Crippen MR) is 79.0 cm³/mol. The number of hydrogen-bond donors (Lipinski definition) is 0. The molecule has 2 rings (SSSR count). The molecule has 0 aliphatic rings. The maximum Gasteiger partial charge on any atom is 0.254 e. The van der Waals surface area contributed by atoms with Crippen molar-refractivity contribution in [3.8, 4) is 5.75 Å². The molecule has 1 aromatic heterocycles. The Morgan fingerprint density at radius 1 is 1.29 bits per heavy atom. The van der Waals surface area contributed by atoms with Crippen molar-refractivity contribution in [1.29, 1.82) is 0 Å². The Bertz CT molecular complexity index is 611. The largest absolute Gasteiger partial charge is 0.619 e. The van der Waals surface area contributed by atoms with Crippen molar-refractivity contribution in [3.05, 3.63) is 65.1 Å². The van der Waals surface area contributed by atoms with Gasteiger partial charge < -0.3 is 14.8 Å². The van der Waals surface area contributed by atoms with Crippen molar-refractivity contribution < 1.29 is 14.3 Å². The van der Waals surface area contributed by atoms with Crippen LogP contribution in [0.5, 0.6) is 5.75 Å². The summed E-state index contributed by atoms with van der Waals surface area (Å²) in [6, 6.07) is 10.8. The average molecular weight is 286 g/mol. The maximum atomic E-state index is 12.1. The highest BCUT2D eigenvalue weighted by Crippen LogP contribution is 2.12. The molecule has 0 atom stereocenters. The van der Waals surface area contributed by atoms with Crippen molar-refractivity contribution in [1.82, 2.24) is 4.90 Å². The van der Waals surface area contributed by atoms with Crippen LogP contribution in [-0.4, -0.2) is 31.0 Å². The SMILES string of the molecule is Cc1cccc(OCCN(C)C(=O)c2cc[n+]([O-])cc2)c1. The maximum absolute atomic E-state index is 12.1. The summed E-state index contributed by atoms with van der Waals surface area (Å²) < 4.78 is 6.27. The van der Waals surface area contributed by atoms with Gasteiger partial charge in [-0.1, -0.05) is 12.1 Å². The zero-order valence-electron chi connectivity index (χ0n) is 12.2. The quantitative estimate of drug-likeness (QED) is 0.622. The highest BCUT2D eigenvalue weighted by atomic mass is 16.5. The summed E-state index contributed by atoms with van der Waals surface area (Å²) >= 11 is 0. The van der Waals surface area contributed by atoms with Gasteiger partial charge >= 0.3 is 0 Å². The summed E-state index contributed by atoms with van der Waals surface area (Å²) in [5.74, 6) is 0.659. The molecule has 5 heteroatoms. The Hall–Kier alpha value is -2.56. The second-order valence-corrected chi connectivity index (χ2v) is 4.84. The van der Waals surface area contributed by atoms with E-state index in [1.807, 2.05) is 31.2 Å². The molecule has 0 saturated heterocycles. The molecule has 0 fully saturated rings. The van der Waals surface area contributed by atoms with Crippen LogP contribution >= 0.6 is 0 Å². The minimum atomic E-state index is -0.136. The lowest BCUT2D eigenvalue weighted by Crippen LogP contribution is -2.32. The van der Waals surface area contributed by atoms with E-state index in [1.165, 1.54) is 24.5 Å². The van der Waals surface area contributed by atoms with E-state index in [4.69, 9.17) is 4.74 Å². The third kappa shape index (κ3) is 4.21. The predicted octanol–water partition coefficient (Wildman–Crippen LogP) is 1.78. The number of carbonyl (C=O) groups is 1. The van der Waals surface area contributed by atoms with Crippen LogP contribution in [0, 0.1) is 12.1 Å². The number of rotatable bonds is 5. The van der Waals surface area contributed by atoms with Crippen LogP contribution in [-0.2, 0) is 0 Å². The number of aryl methyl sites for hydroxylation is 1. The Balaban J connectivity index is 1.85. The molecular formula is C16H18N2O3. The van der Waals surface area contributed by atoms with E-state index in [9.17, 15) is 10.0 Å². The number of hydrogen-bond acceptors (Lipinski definition) is 3. The fourth-order valence-corrected chi connectivity index (χ4v) is 1.88. The molecule has 1 heterocycles. The summed E-state index contributed by atoms with van der Waals surface area (Å²) in [7, 11) is 1.71. The Kier molecular flexibility index (Phi) is 4.77. The summed E-state index contributed by atoms with van der Waals surface area (Å²) in [6.45, 7) is 2.89. The first-order chi connectivity index (χ1) is 10.1. The van der Waals surface area contributed by atoms with Gasteiger partial charge in [0.05, 0.1) is 12.1 Å². The normalized spacial score (nSPS) is 10.2. The molecule has 5 nitrogen and oxygen atoms in total. The average Bonchev–Trinajstić information content (AvgIpc) is 2.47. The Morgan fingerprint density at radius 2 is 2.00 bits per heavy atom. The number of amides is 1. The Morgan fingerprint density at radius 3 is 2.67 bits per heavy atom. The van der Waals surface area contributed by atoms with Crippen molar-refractivity contribution >= 4 is 5.91 Å². The van der Waals surface area contributed by atoms with Gasteiger partial charge in [-0.15, -0.1) is 0 Å². The van der Waals surface area contributed by atoms with Crippen LogP contribution in [0.1, 0.15) is 15.9 Å².